The van der Waals surface area contributed by atoms with Crippen molar-refractivity contribution in [1.82, 2.24) is 9.99 Å². The average molecular weight is 134 g/mol. The molecule has 1 unspecified atom stereocenters. The minimum Gasteiger partial charge on any atom is -0.578 e. The first-order chi connectivity index (χ1) is 3.80. The van der Waals surface area contributed by atoms with Gasteiger partial charge >= 0.3 is 8.18 Å². The summed E-state index contributed by atoms with van der Waals surface area (Å²) in [6, 6.07) is 0. The third kappa shape index (κ3) is 1.23. The number of hydrogen-bond donors (Lipinski definition) is 1. The normalized spacial score (nSPS) is 23.9. The molecular formula is C3H7N2O2P. The molecule has 4 nitrogen and oxygen atoms in total. The van der Waals surface area contributed by atoms with E-state index in [1.807, 2.05) is 0 Å². The van der Waals surface area contributed by atoms with Crippen LogP contribution in [0, 0.1) is 0 Å². The molecule has 1 aliphatic heterocycles. The minimum absolute atomic E-state index is 0.485. The van der Waals surface area contributed by atoms with Gasteiger partial charge in [-0.1, -0.05) is 9.24 Å². The molecule has 8 heavy (non-hydrogen) atoms. The van der Waals surface area contributed by atoms with Gasteiger partial charge in [0.25, 0.3) is 0 Å². The molecule has 0 aromatic heterocycles. The standard InChI is InChI=1S/C3H7N2O2P/c6-8(7)5-2-1-4-3-5/h4H,1-3H2. The topological polar surface area (TPSA) is 55.4 Å². The Morgan fingerprint density at radius 2 is 2.50 bits per heavy atom. The molecular weight excluding hydrogens is 127 g/mol. The van der Waals surface area contributed by atoms with Gasteiger partial charge in [0.1, 0.15) is 0 Å². The molecule has 5 heteroatoms. The summed E-state index contributed by atoms with van der Waals surface area (Å²) in [4.78, 5) is 10.1. The summed E-state index contributed by atoms with van der Waals surface area (Å²) in [5, 5.41) is 2.90. The summed E-state index contributed by atoms with van der Waals surface area (Å²) in [7, 11) is -2.33. The van der Waals surface area contributed by atoms with E-state index in [-0.39, 0.29) is 0 Å². The lowest BCUT2D eigenvalue weighted by Crippen LogP contribution is -2.17. The van der Waals surface area contributed by atoms with E-state index in [9.17, 15) is 9.46 Å². The molecule has 0 spiro atoms. The van der Waals surface area contributed by atoms with Crippen molar-refractivity contribution in [1.29, 1.82) is 0 Å². The predicted molar refractivity (Wildman–Crippen MR) is 27.2 cm³/mol. The maximum absolute atomic E-state index is 10.1. The lowest BCUT2D eigenvalue weighted by Gasteiger charge is -1.97. The Morgan fingerprint density at radius 1 is 1.75 bits per heavy atom. The largest absolute Gasteiger partial charge is 0.578 e. The summed E-state index contributed by atoms with van der Waals surface area (Å²) < 4.78 is 11.5. The molecule has 0 amide bonds. The highest BCUT2D eigenvalue weighted by Gasteiger charge is 2.20. The van der Waals surface area contributed by atoms with Crippen molar-refractivity contribution in [2.45, 2.75) is 0 Å². The molecule has 0 bridgehead atoms. The van der Waals surface area contributed by atoms with E-state index in [0.717, 1.165) is 6.54 Å². The van der Waals surface area contributed by atoms with Crippen LogP contribution in [-0.2, 0) is 4.57 Å². The smallest absolute Gasteiger partial charge is 0.412 e. The molecule has 0 saturated carbocycles. The van der Waals surface area contributed by atoms with Crippen molar-refractivity contribution in [3.8, 4) is 0 Å². The fraction of sp³-hybridized carbons (Fsp3) is 1.00. The van der Waals surface area contributed by atoms with Crippen molar-refractivity contribution in [3.63, 3.8) is 0 Å². The predicted octanol–water partition coefficient (Wildman–Crippen LogP) is -1.13. The minimum atomic E-state index is -2.33. The second-order valence-electron chi connectivity index (χ2n) is 1.63. The van der Waals surface area contributed by atoms with Crippen molar-refractivity contribution in [3.05, 3.63) is 0 Å². The molecule has 1 fully saturated rings. The fourth-order valence-electron chi connectivity index (χ4n) is 0.635. The third-order valence-electron chi connectivity index (χ3n) is 1.07. The van der Waals surface area contributed by atoms with Crippen LogP contribution in [0.4, 0.5) is 0 Å². The Bertz CT molecular complexity index is 101. The van der Waals surface area contributed by atoms with Crippen molar-refractivity contribution in [2.24, 2.45) is 0 Å². The van der Waals surface area contributed by atoms with Gasteiger partial charge in [-0.25, -0.2) is 0 Å². The van der Waals surface area contributed by atoms with E-state index < -0.39 is 8.18 Å². The van der Waals surface area contributed by atoms with Crippen LogP contribution >= 0.6 is 8.18 Å². The zero-order valence-corrected chi connectivity index (χ0v) is 5.23. The van der Waals surface area contributed by atoms with Crippen LogP contribution in [0.25, 0.3) is 0 Å². The molecule has 0 aromatic rings. The summed E-state index contributed by atoms with van der Waals surface area (Å²) in [5.74, 6) is 0. The highest BCUT2D eigenvalue weighted by atomic mass is 31.1. The van der Waals surface area contributed by atoms with E-state index >= 15 is 0 Å². The summed E-state index contributed by atoms with van der Waals surface area (Å²) in [5.41, 5.74) is 0. The van der Waals surface area contributed by atoms with Gasteiger partial charge in [-0.05, 0) is 0 Å². The van der Waals surface area contributed by atoms with E-state index in [2.05, 4.69) is 5.32 Å². The molecule has 1 saturated heterocycles. The maximum atomic E-state index is 10.1. The Hall–Kier alpha value is -0.0200. The fourth-order valence-corrected chi connectivity index (χ4v) is 1.11. The van der Waals surface area contributed by atoms with E-state index in [1.165, 1.54) is 4.67 Å². The molecule has 0 radical (unpaired) electrons. The van der Waals surface area contributed by atoms with Crippen LogP contribution in [0.3, 0.4) is 0 Å². The molecule has 46 valence electrons. The van der Waals surface area contributed by atoms with Gasteiger partial charge in [-0.15, -0.1) is 0 Å². The summed E-state index contributed by atoms with van der Waals surface area (Å²) in [6.07, 6.45) is 0. The quantitative estimate of drug-likeness (QED) is 0.461. The lowest BCUT2D eigenvalue weighted by atomic mass is 10.7. The van der Waals surface area contributed by atoms with Crippen LogP contribution in [0.15, 0.2) is 0 Å². The Kier molecular flexibility index (Phi) is 1.91. The number of rotatable bonds is 1. The number of nitrogens with one attached hydrogen (secondary N) is 1. The van der Waals surface area contributed by atoms with Gasteiger partial charge in [0.2, 0.25) is 0 Å². The van der Waals surface area contributed by atoms with Crippen LogP contribution in [-0.4, -0.2) is 24.4 Å². The van der Waals surface area contributed by atoms with Crippen LogP contribution < -0.4 is 10.2 Å². The molecule has 0 aromatic carbocycles. The second kappa shape index (κ2) is 2.51. The second-order valence-corrected chi connectivity index (χ2v) is 2.67. The van der Waals surface area contributed by atoms with Gasteiger partial charge in [0, 0.05) is 6.54 Å². The SMILES string of the molecule is O=[P+]([O-])N1CCNC1. The molecule has 0 aliphatic carbocycles. The number of hydrogen-bond acceptors (Lipinski definition) is 3. The molecule has 1 atom stereocenters. The Labute approximate surface area is 48.4 Å². The highest BCUT2D eigenvalue weighted by molar-refractivity contribution is 7.33. The van der Waals surface area contributed by atoms with E-state index in [0.29, 0.717) is 13.2 Å². The van der Waals surface area contributed by atoms with Gasteiger partial charge < -0.3 is 4.89 Å². The summed E-state index contributed by atoms with van der Waals surface area (Å²) >= 11 is 0. The van der Waals surface area contributed by atoms with Gasteiger partial charge in [-0.3, -0.25) is 5.32 Å². The van der Waals surface area contributed by atoms with Crippen LogP contribution in [0.2, 0.25) is 0 Å². The zero-order valence-electron chi connectivity index (χ0n) is 4.33. The molecule has 1 heterocycles. The van der Waals surface area contributed by atoms with Crippen molar-refractivity contribution < 1.29 is 9.46 Å². The van der Waals surface area contributed by atoms with Gasteiger partial charge in [0.05, 0.1) is 13.2 Å². The molecule has 1 aliphatic rings. The van der Waals surface area contributed by atoms with Crippen LogP contribution in [0.1, 0.15) is 0 Å². The Balaban J connectivity index is 2.35. The first-order valence-corrected chi connectivity index (χ1v) is 3.54. The first-order valence-electron chi connectivity index (χ1n) is 2.40. The summed E-state index contributed by atoms with van der Waals surface area (Å²) in [6.45, 7) is 1.89. The van der Waals surface area contributed by atoms with Crippen LogP contribution in [0.5, 0.6) is 0 Å². The first kappa shape index (κ1) is 6.11. The molecule has 1 N–H and O–H groups in total. The third-order valence-corrected chi connectivity index (χ3v) is 1.88. The lowest BCUT2D eigenvalue weighted by molar-refractivity contribution is -0.174. The van der Waals surface area contributed by atoms with Crippen molar-refractivity contribution >= 4 is 8.18 Å². The monoisotopic (exact) mass is 134 g/mol. The van der Waals surface area contributed by atoms with Crippen molar-refractivity contribution in [2.75, 3.05) is 19.8 Å². The van der Waals surface area contributed by atoms with E-state index in [4.69, 9.17) is 0 Å². The molecule has 1 rings (SSSR count). The van der Waals surface area contributed by atoms with Gasteiger partial charge in [0.15, 0.2) is 0 Å². The Morgan fingerprint density at radius 3 is 2.75 bits per heavy atom. The average Bonchev–Trinajstić information content (AvgIpc) is 2.12. The van der Waals surface area contributed by atoms with E-state index in [1.54, 1.807) is 0 Å². The highest BCUT2D eigenvalue weighted by Crippen LogP contribution is 2.15. The van der Waals surface area contributed by atoms with Gasteiger partial charge in [-0.2, -0.15) is 0 Å². The number of nitrogens with zero attached hydrogens (tertiary/aromatic N) is 1. The zero-order chi connectivity index (χ0) is 5.98. The maximum Gasteiger partial charge on any atom is 0.412 e.